The number of rotatable bonds is 1. The summed E-state index contributed by atoms with van der Waals surface area (Å²) >= 11 is 0. The molecular formula is C19H18O4. The molecule has 2 aliphatic carbocycles. The van der Waals surface area contributed by atoms with Crippen LogP contribution in [0.1, 0.15) is 24.7 Å². The molecule has 1 aromatic heterocycles. The minimum Gasteiger partial charge on any atom is -0.464 e. The van der Waals surface area contributed by atoms with E-state index in [0.29, 0.717) is 41.6 Å². The fourth-order valence-electron chi connectivity index (χ4n) is 4.39. The third kappa shape index (κ3) is 1.95. The fourth-order valence-corrected chi connectivity index (χ4v) is 4.39. The summed E-state index contributed by atoms with van der Waals surface area (Å²) in [5.41, 5.74) is 1.08. The van der Waals surface area contributed by atoms with Crippen molar-refractivity contribution in [2.75, 3.05) is 13.2 Å². The van der Waals surface area contributed by atoms with E-state index in [4.69, 9.17) is 13.9 Å². The highest BCUT2D eigenvalue weighted by Crippen LogP contribution is 2.54. The van der Waals surface area contributed by atoms with Crippen LogP contribution >= 0.6 is 0 Å². The first kappa shape index (κ1) is 13.5. The molecule has 23 heavy (non-hydrogen) atoms. The van der Waals surface area contributed by atoms with Crippen molar-refractivity contribution in [1.82, 2.24) is 0 Å². The molecule has 1 saturated carbocycles. The monoisotopic (exact) mass is 310 g/mol. The van der Waals surface area contributed by atoms with Crippen LogP contribution in [0.25, 0.3) is 11.0 Å². The lowest BCUT2D eigenvalue weighted by Gasteiger charge is -2.41. The van der Waals surface area contributed by atoms with Crippen molar-refractivity contribution in [2.24, 2.45) is 17.3 Å². The molecule has 2 bridgehead atoms. The van der Waals surface area contributed by atoms with Crippen LogP contribution < -0.4 is 5.43 Å². The van der Waals surface area contributed by atoms with Crippen LogP contribution in [0.5, 0.6) is 0 Å². The minimum absolute atomic E-state index is 0.0689. The summed E-state index contributed by atoms with van der Waals surface area (Å²) in [4.78, 5) is 12.6. The van der Waals surface area contributed by atoms with Crippen molar-refractivity contribution in [3.05, 3.63) is 58.5 Å². The van der Waals surface area contributed by atoms with Gasteiger partial charge in [-0.2, -0.15) is 0 Å². The zero-order valence-electron chi connectivity index (χ0n) is 12.7. The van der Waals surface area contributed by atoms with Gasteiger partial charge in [-0.05, 0) is 36.8 Å². The predicted octanol–water partition coefficient (Wildman–Crippen LogP) is 3.42. The van der Waals surface area contributed by atoms with Gasteiger partial charge in [-0.3, -0.25) is 4.79 Å². The van der Waals surface area contributed by atoms with Gasteiger partial charge in [0.2, 0.25) is 5.43 Å². The van der Waals surface area contributed by atoms with E-state index in [1.165, 1.54) is 12.7 Å². The second-order valence-electron chi connectivity index (χ2n) is 7.02. The molecule has 2 atom stereocenters. The van der Waals surface area contributed by atoms with Crippen LogP contribution in [0.3, 0.4) is 0 Å². The molecule has 0 unspecified atom stereocenters. The highest BCUT2D eigenvalue weighted by Gasteiger charge is 2.51. The number of para-hydroxylation sites is 1. The summed E-state index contributed by atoms with van der Waals surface area (Å²) in [5, 5.41) is 0.570. The third-order valence-corrected chi connectivity index (χ3v) is 5.63. The number of hydrogen-bond donors (Lipinski definition) is 0. The van der Waals surface area contributed by atoms with Gasteiger partial charge < -0.3 is 13.9 Å². The summed E-state index contributed by atoms with van der Waals surface area (Å²) in [6.45, 7) is 1.30. The summed E-state index contributed by atoms with van der Waals surface area (Å²) in [6.07, 6.45) is 7.84. The Morgan fingerprint density at radius 1 is 1.09 bits per heavy atom. The Balaban J connectivity index is 1.43. The van der Waals surface area contributed by atoms with E-state index >= 15 is 0 Å². The first-order chi connectivity index (χ1) is 11.3. The molecule has 0 radical (unpaired) electrons. The predicted molar refractivity (Wildman–Crippen MR) is 84.9 cm³/mol. The average Bonchev–Trinajstić information content (AvgIpc) is 3.18. The minimum atomic E-state index is -0.621. The number of hydrogen-bond acceptors (Lipinski definition) is 4. The lowest BCUT2D eigenvalue weighted by Crippen LogP contribution is -2.42. The van der Waals surface area contributed by atoms with E-state index < -0.39 is 6.29 Å². The van der Waals surface area contributed by atoms with Gasteiger partial charge in [0, 0.05) is 5.41 Å². The average molecular weight is 310 g/mol. The standard InChI is InChI=1S/C19H18O4/c20-17-14-3-1-2-4-16(14)21-9-15(17)18-22-10-19(11-23-18)8-12-5-6-13(19)7-12/h1-6,9,12-13,18H,7-8,10-11H2/t12-,13+,18?,19?/m1/s1. The maximum Gasteiger partial charge on any atom is 0.200 e. The lowest BCUT2D eigenvalue weighted by atomic mass is 9.76. The van der Waals surface area contributed by atoms with Gasteiger partial charge in [0.05, 0.1) is 24.2 Å². The highest BCUT2D eigenvalue weighted by atomic mass is 16.7. The van der Waals surface area contributed by atoms with E-state index in [2.05, 4.69) is 12.2 Å². The van der Waals surface area contributed by atoms with Crippen LogP contribution in [0.4, 0.5) is 0 Å². The highest BCUT2D eigenvalue weighted by molar-refractivity contribution is 5.76. The van der Waals surface area contributed by atoms with Gasteiger partial charge in [0.25, 0.3) is 0 Å². The lowest BCUT2D eigenvalue weighted by molar-refractivity contribution is -0.240. The van der Waals surface area contributed by atoms with Crippen LogP contribution in [0.15, 0.2) is 51.9 Å². The molecule has 0 amide bonds. The van der Waals surface area contributed by atoms with Crippen molar-refractivity contribution < 1.29 is 13.9 Å². The Labute approximate surface area is 133 Å². The molecule has 2 aromatic rings. The second kappa shape index (κ2) is 4.79. The summed E-state index contributed by atoms with van der Waals surface area (Å²) in [7, 11) is 0. The molecule has 3 aliphatic rings. The molecule has 1 saturated heterocycles. The number of benzene rings is 1. The Hall–Kier alpha value is -1.91. The third-order valence-electron chi connectivity index (χ3n) is 5.63. The van der Waals surface area contributed by atoms with Gasteiger partial charge in [-0.15, -0.1) is 0 Å². The topological polar surface area (TPSA) is 48.7 Å². The van der Waals surface area contributed by atoms with Crippen LogP contribution in [0, 0.1) is 17.3 Å². The van der Waals surface area contributed by atoms with E-state index in [1.807, 2.05) is 12.1 Å². The maximum atomic E-state index is 12.6. The van der Waals surface area contributed by atoms with Gasteiger partial charge in [-0.1, -0.05) is 24.3 Å². The summed E-state index contributed by atoms with van der Waals surface area (Å²) < 4.78 is 17.5. The van der Waals surface area contributed by atoms with Crippen molar-refractivity contribution in [1.29, 1.82) is 0 Å². The SMILES string of the molecule is O=c1c(C2OCC3(CO2)C[C@@H]2C=C[C@H]3C2)coc2ccccc12. The fraction of sp³-hybridized carbons (Fsp3) is 0.421. The van der Waals surface area contributed by atoms with Gasteiger partial charge in [0.15, 0.2) is 6.29 Å². The quantitative estimate of drug-likeness (QED) is 0.757. The van der Waals surface area contributed by atoms with Gasteiger partial charge in [0.1, 0.15) is 11.8 Å². The van der Waals surface area contributed by atoms with Crippen LogP contribution in [-0.4, -0.2) is 13.2 Å². The van der Waals surface area contributed by atoms with Crippen LogP contribution in [-0.2, 0) is 9.47 Å². The molecule has 0 N–H and O–H groups in total. The Kier molecular flexibility index (Phi) is 2.82. The van der Waals surface area contributed by atoms with E-state index in [-0.39, 0.29) is 10.8 Å². The Morgan fingerprint density at radius 3 is 2.65 bits per heavy atom. The van der Waals surface area contributed by atoms with Crippen molar-refractivity contribution in [2.45, 2.75) is 19.1 Å². The van der Waals surface area contributed by atoms with Crippen molar-refractivity contribution in [3.63, 3.8) is 0 Å². The smallest absolute Gasteiger partial charge is 0.200 e. The number of fused-ring (bicyclic) bond motifs is 4. The second-order valence-corrected chi connectivity index (χ2v) is 7.02. The van der Waals surface area contributed by atoms with Crippen molar-refractivity contribution in [3.8, 4) is 0 Å². The Bertz CT molecular complexity index is 842. The van der Waals surface area contributed by atoms with Crippen LogP contribution in [0.2, 0.25) is 0 Å². The molecule has 4 heteroatoms. The van der Waals surface area contributed by atoms with Crippen molar-refractivity contribution >= 4 is 11.0 Å². The number of ether oxygens (including phenoxy) is 2. The summed E-state index contributed by atoms with van der Waals surface area (Å²) in [5.74, 6) is 1.23. The molecule has 2 heterocycles. The zero-order valence-corrected chi connectivity index (χ0v) is 12.7. The largest absolute Gasteiger partial charge is 0.464 e. The van der Waals surface area contributed by atoms with E-state index in [9.17, 15) is 4.79 Å². The normalized spacial score (nSPS) is 35.4. The van der Waals surface area contributed by atoms with E-state index in [0.717, 1.165) is 6.42 Å². The van der Waals surface area contributed by atoms with Gasteiger partial charge in [-0.25, -0.2) is 0 Å². The van der Waals surface area contributed by atoms with E-state index in [1.54, 1.807) is 12.1 Å². The first-order valence-corrected chi connectivity index (χ1v) is 8.17. The Morgan fingerprint density at radius 2 is 1.91 bits per heavy atom. The summed E-state index contributed by atoms with van der Waals surface area (Å²) in [6, 6.07) is 7.25. The molecule has 2 fully saturated rings. The molecule has 1 aliphatic heterocycles. The molecule has 5 rings (SSSR count). The molecular weight excluding hydrogens is 292 g/mol. The molecule has 1 aromatic carbocycles. The molecule has 1 spiro atoms. The zero-order chi connectivity index (χ0) is 15.4. The molecule has 118 valence electrons. The first-order valence-electron chi connectivity index (χ1n) is 8.17. The number of allylic oxidation sites excluding steroid dienone is 2. The van der Waals surface area contributed by atoms with Gasteiger partial charge >= 0.3 is 0 Å². The maximum absolute atomic E-state index is 12.6. The molecule has 4 nitrogen and oxygen atoms in total.